The van der Waals surface area contributed by atoms with E-state index in [-0.39, 0.29) is 22.6 Å². The Morgan fingerprint density at radius 3 is 1.71 bits per heavy atom. The summed E-state index contributed by atoms with van der Waals surface area (Å²) in [7, 11) is 0. The van der Waals surface area contributed by atoms with Crippen LogP contribution in [0.25, 0.3) is 0 Å². The van der Waals surface area contributed by atoms with E-state index in [1.165, 1.54) is 0 Å². The summed E-state index contributed by atoms with van der Waals surface area (Å²) in [6, 6.07) is 0. The van der Waals surface area contributed by atoms with Crippen LogP contribution in [0.1, 0.15) is 6.42 Å². The Kier molecular flexibility index (Phi) is 6.61. The smallest absolute Gasteiger partial charge is 0.188 e. The summed E-state index contributed by atoms with van der Waals surface area (Å²) < 4.78 is -3.89. The Hall–Kier alpha value is 1.73. The van der Waals surface area contributed by atoms with Gasteiger partial charge in [0.05, 0.1) is 5.03 Å². The molecule has 0 rings (SSSR count). The number of alkyl halides is 4. The van der Waals surface area contributed by atoms with Crippen LogP contribution in [0.2, 0.25) is 0 Å². The number of aliphatic hydroxyl groups excluding tert-OH is 1. The number of hydrogen-bond donors (Lipinski definition) is 1. The fourth-order valence-electron chi connectivity index (χ4n) is 0.577. The van der Waals surface area contributed by atoms with Crippen LogP contribution in [0.15, 0.2) is 9.52 Å². The molecule has 14 heavy (non-hydrogen) atoms. The molecule has 0 amide bonds. The van der Waals surface area contributed by atoms with Crippen molar-refractivity contribution in [1.29, 1.82) is 0 Å². The van der Waals surface area contributed by atoms with Crippen LogP contribution in [0.3, 0.4) is 0 Å². The van der Waals surface area contributed by atoms with E-state index >= 15 is 0 Å². The highest BCUT2D eigenvalue weighted by molar-refractivity contribution is 6.69. The molecule has 1 nitrogen and oxygen atoms in total. The second kappa shape index (κ2) is 5.88. The minimum Gasteiger partial charge on any atom is -0.396 e. The summed E-state index contributed by atoms with van der Waals surface area (Å²) in [5.74, 6) is 0. The quantitative estimate of drug-likeness (QED) is 0.741. The van der Waals surface area contributed by atoms with Crippen molar-refractivity contribution in [3.8, 4) is 0 Å². The summed E-state index contributed by atoms with van der Waals surface area (Å²) in [4.78, 5) is 0. The standard InChI is InChI=1S/C6H5Cl7O/c7-3(4(8)9)6(12,13)5(10,11)1-2-14/h14H,1-2H2. The van der Waals surface area contributed by atoms with E-state index in [1.54, 1.807) is 0 Å². The highest BCUT2D eigenvalue weighted by Crippen LogP contribution is 2.52. The maximum atomic E-state index is 8.67. The normalized spacial score (nSPS) is 12.9. The minimum absolute atomic E-state index is 0.0829. The van der Waals surface area contributed by atoms with Crippen molar-refractivity contribution >= 4 is 81.2 Å². The van der Waals surface area contributed by atoms with Gasteiger partial charge in [0.2, 0.25) is 0 Å². The Morgan fingerprint density at radius 2 is 1.43 bits per heavy atom. The van der Waals surface area contributed by atoms with E-state index in [0.717, 1.165) is 0 Å². The maximum Gasteiger partial charge on any atom is 0.188 e. The van der Waals surface area contributed by atoms with E-state index in [2.05, 4.69) is 0 Å². The van der Waals surface area contributed by atoms with Crippen LogP contribution in [-0.2, 0) is 0 Å². The van der Waals surface area contributed by atoms with Gasteiger partial charge in [0.15, 0.2) is 8.67 Å². The second-order valence-corrected chi connectivity index (χ2v) is 6.47. The van der Waals surface area contributed by atoms with Crippen molar-refractivity contribution in [2.75, 3.05) is 6.61 Å². The maximum absolute atomic E-state index is 8.67. The van der Waals surface area contributed by atoms with E-state index in [1.807, 2.05) is 0 Å². The van der Waals surface area contributed by atoms with E-state index in [9.17, 15) is 0 Å². The molecule has 0 aliphatic heterocycles. The van der Waals surface area contributed by atoms with Gasteiger partial charge in [-0.2, -0.15) is 0 Å². The van der Waals surface area contributed by atoms with Crippen LogP contribution in [0.4, 0.5) is 0 Å². The third kappa shape index (κ3) is 3.64. The molecule has 0 atom stereocenters. The molecule has 0 saturated carbocycles. The molecule has 0 aliphatic carbocycles. The zero-order valence-electron chi connectivity index (χ0n) is 6.51. The Balaban J connectivity index is 5.04. The molecule has 0 saturated heterocycles. The average molecular weight is 341 g/mol. The molecule has 0 fully saturated rings. The van der Waals surface area contributed by atoms with Gasteiger partial charge in [0.25, 0.3) is 0 Å². The largest absolute Gasteiger partial charge is 0.396 e. The van der Waals surface area contributed by atoms with Crippen LogP contribution < -0.4 is 0 Å². The van der Waals surface area contributed by atoms with Crippen molar-refractivity contribution in [3.05, 3.63) is 9.52 Å². The van der Waals surface area contributed by atoms with Crippen LogP contribution >= 0.6 is 81.2 Å². The lowest BCUT2D eigenvalue weighted by molar-refractivity contribution is 0.280. The Labute approximate surface area is 117 Å². The molecule has 1 N–H and O–H groups in total. The molecule has 0 spiro atoms. The predicted octanol–water partition coefficient (Wildman–Crippen LogP) is 4.60. The SMILES string of the molecule is OCCC(Cl)(Cl)C(Cl)(Cl)C(Cl)=C(Cl)Cl. The van der Waals surface area contributed by atoms with Crippen LogP contribution in [0.5, 0.6) is 0 Å². The molecule has 0 heterocycles. The first-order valence-electron chi connectivity index (χ1n) is 3.24. The fourth-order valence-corrected chi connectivity index (χ4v) is 2.05. The van der Waals surface area contributed by atoms with Crippen LogP contribution in [0, 0.1) is 0 Å². The molecule has 8 heteroatoms. The van der Waals surface area contributed by atoms with Crippen molar-refractivity contribution < 1.29 is 5.11 Å². The topological polar surface area (TPSA) is 20.2 Å². The molecule has 0 aromatic carbocycles. The fraction of sp³-hybridized carbons (Fsp3) is 0.667. The Morgan fingerprint density at radius 1 is 1.00 bits per heavy atom. The van der Waals surface area contributed by atoms with Gasteiger partial charge in [0, 0.05) is 13.0 Å². The average Bonchev–Trinajstić information content (AvgIpc) is 2.02. The van der Waals surface area contributed by atoms with Crippen LogP contribution in [-0.4, -0.2) is 20.4 Å². The first kappa shape index (κ1) is 15.7. The lowest BCUT2D eigenvalue weighted by Gasteiger charge is -2.31. The van der Waals surface area contributed by atoms with E-state index in [0.29, 0.717) is 0 Å². The molecular weight excluding hydrogens is 336 g/mol. The molecule has 0 aromatic heterocycles. The number of allylic oxidation sites excluding steroid dienone is 1. The van der Waals surface area contributed by atoms with Gasteiger partial charge in [-0.05, 0) is 0 Å². The van der Waals surface area contributed by atoms with E-state index in [4.69, 9.17) is 86.3 Å². The highest BCUT2D eigenvalue weighted by atomic mass is 35.5. The third-order valence-electron chi connectivity index (χ3n) is 1.33. The van der Waals surface area contributed by atoms with E-state index < -0.39 is 8.67 Å². The number of rotatable bonds is 4. The summed E-state index contributed by atoms with van der Waals surface area (Å²) in [5.41, 5.74) is 0. The summed E-state index contributed by atoms with van der Waals surface area (Å²) >= 11 is 39.5. The summed E-state index contributed by atoms with van der Waals surface area (Å²) in [6.45, 7) is -0.307. The van der Waals surface area contributed by atoms with Crippen molar-refractivity contribution in [1.82, 2.24) is 0 Å². The number of halogens is 7. The molecule has 84 valence electrons. The van der Waals surface area contributed by atoms with Gasteiger partial charge in [-0.15, -0.1) is 0 Å². The van der Waals surface area contributed by atoms with Crippen molar-refractivity contribution in [2.45, 2.75) is 15.1 Å². The summed E-state index contributed by atoms with van der Waals surface area (Å²) in [6.07, 6.45) is -0.0829. The van der Waals surface area contributed by atoms with Gasteiger partial charge in [-0.25, -0.2) is 0 Å². The van der Waals surface area contributed by atoms with Gasteiger partial charge in [0.1, 0.15) is 4.49 Å². The molecule has 0 aliphatic rings. The van der Waals surface area contributed by atoms with Crippen molar-refractivity contribution in [2.24, 2.45) is 0 Å². The Bertz CT molecular complexity index is 230. The molecular formula is C6H5Cl7O. The zero-order valence-corrected chi connectivity index (χ0v) is 11.8. The monoisotopic (exact) mass is 338 g/mol. The molecule has 0 bridgehead atoms. The first-order chi connectivity index (χ1) is 6.16. The number of aliphatic hydroxyl groups is 1. The minimum atomic E-state index is -1.88. The predicted molar refractivity (Wildman–Crippen MR) is 65.2 cm³/mol. The van der Waals surface area contributed by atoms with Gasteiger partial charge >= 0.3 is 0 Å². The lowest BCUT2D eigenvalue weighted by atomic mass is 10.2. The molecule has 0 aromatic rings. The highest BCUT2D eigenvalue weighted by Gasteiger charge is 2.50. The third-order valence-corrected chi connectivity index (χ3v) is 4.92. The zero-order chi connectivity index (χ0) is 11.6. The lowest BCUT2D eigenvalue weighted by Crippen LogP contribution is -2.37. The second-order valence-electron chi connectivity index (χ2n) is 2.33. The van der Waals surface area contributed by atoms with Gasteiger partial charge in [-0.1, -0.05) is 81.2 Å². The summed E-state index contributed by atoms with van der Waals surface area (Å²) in [5, 5.41) is 8.39. The number of hydrogen-bond acceptors (Lipinski definition) is 1. The molecule has 0 radical (unpaired) electrons. The van der Waals surface area contributed by atoms with Gasteiger partial charge < -0.3 is 5.11 Å². The van der Waals surface area contributed by atoms with Gasteiger partial charge in [-0.3, -0.25) is 0 Å². The first-order valence-corrected chi connectivity index (χ1v) is 5.89. The molecule has 0 unspecified atom stereocenters. The van der Waals surface area contributed by atoms with Crippen molar-refractivity contribution in [3.63, 3.8) is 0 Å².